The maximum atomic E-state index is 13.7. The molecule has 1 aromatic carbocycles. The van der Waals surface area contributed by atoms with Crippen molar-refractivity contribution in [2.24, 2.45) is 0 Å². The number of para-hydroxylation sites is 2. The van der Waals surface area contributed by atoms with Crippen molar-refractivity contribution in [1.82, 2.24) is 13.5 Å². The Hall–Kier alpha value is -3.79. The predicted molar refractivity (Wildman–Crippen MR) is 127 cm³/mol. The number of hydrogen-bond donors (Lipinski definition) is 0. The van der Waals surface area contributed by atoms with Crippen LogP contribution in [0.25, 0.3) is 16.6 Å². The van der Waals surface area contributed by atoms with Crippen LogP contribution in [-0.4, -0.2) is 26.1 Å². The fraction of sp³-hybridized carbons (Fsp3) is 0.346. The highest BCUT2D eigenvalue weighted by Gasteiger charge is 2.23. The van der Waals surface area contributed by atoms with Crippen LogP contribution >= 0.6 is 0 Å². The van der Waals surface area contributed by atoms with Gasteiger partial charge in [-0.2, -0.15) is 5.26 Å². The minimum atomic E-state index is -0.299. The maximum Gasteiger partial charge on any atom is 0.329 e. The molecule has 1 unspecified atom stereocenters. The van der Waals surface area contributed by atoms with Crippen LogP contribution in [0.3, 0.4) is 0 Å². The highest BCUT2D eigenvalue weighted by atomic mass is 16.5. The van der Waals surface area contributed by atoms with Crippen molar-refractivity contribution in [2.45, 2.75) is 52.6 Å². The number of hydrogen-bond acceptors (Lipinski definition) is 4. The number of pyridine rings is 1. The van der Waals surface area contributed by atoms with Gasteiger partial charge in [0.2, 0.25) is 0 Å². The number of nitrogens with zero attached hydrogens (tertiary/aromatic N) is 4. The Morgan fingerprint density at radius 2 is 1.82 bits per heavy atom. The molecular formula is C26H28N4O3. The number of esters is 1. The van der Waals surface area contributed by atoms with Crippen molar-refractivity contribution in [3.05, 3.63) is 76.0 Å². The first-order chi connectivity index (χ1) is 16.0. The minimum Gasteiger partial charge on any atom is -0.466 e. The number of ether oxygens (including phenoxy) is 1. The minimum absolute atomic E-state index is 0.154. The first kappa shape index (κ1) is 22.4. The molecule has 0 saturated heterocycles. The average Bonchev–Trinajstić information content (AvgIpc) is 3.30. The van der Waals surface area contributed by atoms with Crippen molar-refractivity contribution in [1.29, 1.82) is 5.26 Å². The fourth-order valence-electron chi connectivity index (χ4n) is 4.69. The summed E-state index contributed by atoms with van der Waals surface area (Å²) < 4.78 is 10.7. The van der Waals surface area contributed by atoms with Crippen LogP contribution in [0, 0.1) is 18.3 Å². The molecule has 0 fully saturated rings. The molecule has 0 spiro atoms. The zero-order valence-corrected chi connectivity index (χ0v) is 19.2. The van der Waals surface area contributed by atoms with Crippen LogP contribution in [0.2, 0.25) is 0 Å². The Bertz CT molecular complexity index is 1420. The smallest absolute Gasteiger partial charge is 0.329 e. The summed E-state index contributed by atoms with van der Waals surface area (Å²) in [5, 5.41) is 9.62. The van der Waals surface area contributed by atoms with E-state index >= 15 is 0 Å². The predicted octanol–water partition coefficient (Wildman–Crippen LogP) is 4.58. The molecule has 0 aliphatic carbocycles. The molecule has 0 saturated carbocycles. The summed E-state index contributed by atoms with van der Waals surface area (Å²) in [5.74, 6) is -0.299. The average molecular weight is 445 g/mol. The summed E-state index contributed by atoms with van der Waals surface area (Å²) in [6.45, 7) is 6.44. The number of benzene rings is 1. The van der Waals surface area contributed by atoms with Gasteiger partial charge < -0.3 is 9.14 Å². The number of carbonyl (C=O) groups is 1. The van der Waals surface area contributed by atoms with E-state index in [1.807, 2.05) is 66.8 Å². The lowest BCUT2D eigenvalue weighted by molar-refractivity contribution is -0.144. The van der Waals surface area contributed by atoms with Crippen molar-refractivity contribution in [2.75, 3.05) is 6.61 Å². The van der Waals surface area contributed by atoms with Gasteiger partial charge in [-0.1, -0.05) is 31.5 Å². The molecule has 0 amide bonds. The second-order valence-corrected chi connectivity index (χ2v) is 8.23. The van der Waals surface area contributed by atoms with E-state index in [9.17, 15) is 14.9 Å². The van der Waals surface area contributed by atoms with Gasteiger partial charge >= 0.3 is 11.7 Å². The Morgan fingerprint density at radius 1 is 1.09 bits per heavy atom. The molecule has 3 aromatic heterocycles. The standard InChI is InChI=1S/C26H28N4O3/c1-4-9-20(15-25(31)33-5-2)30-24-12-7-6-11-23(24)28(26(30)32)17-21-14-19(16-27)22-13-8-10-18(3)29(21)22/h6-8,10-14,20H,4-5,9,15,17H2,1-3H3. The van der Waals surface area contributed by atoms with E-state index in [4.69, 9.17) is 4.74 Å². The van der Waals surface area contributed by atoms with E-state index in [0.717, 1.165) is 34.4 Å². The Labute approximate surface area is 192 Å². The number of carbonyl (C=O) groups excluding carboxylic acids is 1. The van der Waals surface area contributed by atoms with Crippen LogP contribution in [0.5, 0.6) is 0 Å². The summed E-state index contributed by atoms with van der Waals surface area (Å²) in [7, 11) is 0. The summed E-state index contributed by atoms with van der Waals surface area (Å²) in [6, 6.07) is 17.3. The van der Waals surface area contributed by atoms with Gasteiger partial charge in [-0.15, -0.1) is 0 Å². The molecule has 0 radical (unpaired) electrons. The zero-order chi connectivity index (χ0) is 23.5. The van der Waals surface area contributed by atoms with E-state index < -0.39 is 0 Å². The fourth-order valence-corrected chi connectivity index (χ4v) is 4.69. The third-order valence-electron chi connectivity index (χ3n) is 6.06. The van der Waals surface area contributed by atoms with E-state index in [0.29, 0.717) is 25.1 Å². The number of rotatable bonds is 8. The molecule has 0 aliphatic heterocycles. The second-order valence-electron chi connectivity index (χ2n) is 8.23. The van der Waals surface area contributed by atoms with Gasteiger partial charge in [0.25, 0.3) is 0 Å². The van der Waals surface area contributed by atoms with Gasteiger partial charge in [0.05, 0.1) is 41.7 Å². The topological polar surface area (TPSA) is 81.4 Å². The number of aryl methyl sites for hydroxylation is 1. The molecule has 7 heteroatoms. The van der Waals surface area contributed by atoms with Gasteiger partial charge in [-0.05, 0) is 50.6 Å². The lowest BCUT2D eigenvalue weighted by Gasteiger charge is -2.17. The van der Waals surface area contributed by atoms with Gasteiger partial charge in [0.1, 0.15) is 6.07 Å². The second kappa shape index (κ2) is 9.37. The molecule has 0 aliphatic rings. The number of aromatic nitrogens is 3. The lowest BCUT2D eigenvalue weighted by atomic mass is 10.1. The maximum absolute atomic E-state index is 13.7. The van der Waals surface area contributed by atoms with E-state index in [1.54, 1.807) is 16.1 Å². The van der Waals surface area contributed by atoms with Gasteiger partial charge in [0, 0.05) is 17.4 Å². The van der Waals surface area contributed by atoms with E-state index in [1.165, 1.54) is 0 Å². The summed E-state index contributed by atoms with van der Waals surface area (Å²) >= 11 is 0. The Kier molecular flexibility index (Phi) is 6.36. The molecule has 1 atom stereocenters. The molecule has 0 N–H and O–H groups in total. The molecular weight excluding hydrogens is 416 g/mol. The monoisotopic (exact) mass is 444 g/mol. The molecule has 170 valence electrons. The van der Waals surface area contributed by atoms with E-state index in [-0.39, 0.29) is 24.1 Å². The molecule has 4 rings (SSSR count). The Balaban J connectivity index is 1.87. The highest BCUT2D eigenvalue weighted by molar-refractivity contribution is 5.77. The lowest BCUT2D eigenvalue weighted by Crippen LogP contribution is -2.29. The third-order valence-corrected chi connectivity index (χ3v) is 6.06. The number of fused-ring (bicyclic) bond motifs is 2. The number of imidazole rings is 1. The zero-order valence-electron chi connectivity index (χ0n) is 19.2. The van der Waals surface area contributed by atoms with Crippen molar-refractivity contribution >= 4 is 22.5 Å². The first-order valence-corrected chi connectivity index (χ1v) is 11.4. The summed E-state index contributed by atoms with van der Waals surface area (Å²) in [5.41, 5.74) is 4.69. The quantitative estimate of drug-likeness (QED) is 0.373. The largest absolute Gasteiger partial charge is 0.466 e. The summed E-state index contributed by atoms with van der Waals surface area (Å²) in [4.78, 5) is 26.0. The van der Waals surface area contributed by atoms with Crippen LogP contribution in [-0.2, 0) is 16.1 Å². The van der Waals surface area contributed by atoms with Crippen LogP contribution in [0.15, 0.2) is 53.3 Å². The third kappa shape index (κ3) is 4.05. The molecule has 4 aromatic rings. The van der Waals surface area contributed by atoms with Gasteiger partial charge in [-0.3, -0.25) is 13.9 Å². The van der Waals surface area contributed by atoms with Crippen LogP contribution in [0.4, 0.5) is 0 Å². The van der Waals surface area contributed by atoms with Crippen molar-refractivity contribution in [3.63, 3.8) is 0 Å². The number of nitriles is 1. The first-order valence-electron chi connectivity index (χ1n) is 11.4. The van der Waals surface area contributed by atoms with Crippen molar-refractivity contribution in [3.8, 4) is 6.07 Å². The van der Waals surface area contributed by atoms with Gasteiger partial charge in [-0.25, -0.2) is 4.79 Å². The Morgan fingerprint density at radius 3 is 2.52 bits per heavy atom. The normalized spacial score (nSPS) is 12.2. The van der Waals surface area contributed by atoms with Crippen molar-refractivity contribution < 1.29 is 9.53 Å². The molecule has 7 nitrogen and oxygen atoms in total. The summed E-state index contributed by atoms with van der Waals surface area (Å²) in [6.07, 6.45) is 1.68. The molecule has 0 bridgehead atoms. The highest BCUT2D eigenvalue weighted by Crippen LogP contribution is 2.25. The van der Waals surface area contributed by atoms with Gasteiger partial charge in [0.15, 0.2) is 0 Å². The SMILES string of the molecule is CCCC(CC(=O)OCC)n1c(=O)n(Cc2cc(C#N)c3cccc(C)n23)c2ccccc21. The molecule has 3 heterocycles. The van der Waals surface area contributed by atoms with Crippen LogP contribution < -0.4 is 5.69 Å². The molecule has 33 heavy (non-hydrogen) atoms. The van der Waals surface area contributed by atoms with Crippen LogP contribution in [0.1, 0.15) is 56.1 Å². The van der Waals surface area contributed by atoms with E-state index in [2.05, 4.69) is 6.07 Å².